The highest BCUT2D eigenvalue weighted by atomic mass is 16.6. The number of amides is 2. The zero-order valence-electron chi connectivity index (χ0n) is 11.7. The highest BCUT2D eigenvalue weighted by Crippen LogP contribution is 2.24. The molecular formula is C13H22N2O4. The van der Waals surface area contributed by atoms with Crippen LogP contribution in [0.15, 0.2) is 0 Å². The van der Waals surface area contributed by atoms with E-state index < -0.39 is 11.7 Å². The molecule has 2 amide bonds. The van der Waals surface area contributed by atoms with Crippen molar-refractivity contribution in [3.8, 4) is 0 Å². The van der Waals surface area contributed by atoms with Crippen LogP contribution in [0.3, 0.4) is 0 Å². The fourth-order valence-corrected chi connectivity index (χ4v) is 2.23. The molecule has 2 saturated heterocycles. The van der Waals surface area contributed by atoms with Crippen molar-refractivity contribution in [3.63, 3.8) is 0 Å². The summed E-state index contributed by atoms with van der Waals surface area (Å²) in [5, 5.41) is 5.62. The fraction of sp³-hybridized carbons (Fsp3) is 0.846. The molecule has 0 bridgehead atoms. The van der Waals surface area contributed by atoms with Crippen molar-refractivity contribution in [3.05, 3.63) is 0 Å². The molecule has 0 aromatic carbocycles. The highest BCUT2D eigenvalue weighted by Gasteiger charge is 2.38. The molecule has 1 unspecified atom stereocenters. The number of rotatable bonds is 4. The van der Waals surface area contributed by atoms with Crippen LogP contribution in [0.25, 0.3) is 0 Å². The topological polar surface area (TPSA) is 80.0 Å². The molecule has 0 aromatic heterocycles. The number of epoxide rings is 1. The standard InChI is InChI=1S/C13H22N2O4/c1-13(2,3)19-12(17)15-9(10-7-18-10)6-8-4-5-14-11(8)16/h8-10H,4-7H2,1-3H3,(H,14,16)(H,15,17)/t8-,9-,10?/m0/s1. The first kappa shape index (κ1) is 14.1. The number of hydrogen-bond donors (Lipinski definition) is 2. The van der Waals surface area contributed by atoms with Crippen molar-refractivity contribution in [2.75, 3.05) is 13.2 Å². The van der Waals surface area contributed by atoms with Crippen LogP contribution < -0.4 is 10.6 Å². The van der Waals surface area contributed by atoms with Gasteiger partial charge in [-0.3, -0.25) is 4.79 Å². The fourth-order valence-electron chi connectivity index (χ4n) is 2.23. The lowest BCUT2D eigenvalue weighted by Crippen LogP contribution is -2.43. The van der Waals surface area contributed by atoms with Crippen LogP contribution in [0.2, 0.25) is 0 Å². The Balaban J connectivity index is 1.86. The van der Waals surface area contributed by atoms with Crippen LogP contribution in [0.1, 0.15) is 33.6 Å². The number of alkyl carbamates (subject to hydrolysis) is 1. The van der Waals surface area contributed by atoms with Gasteiger partial charge in [-0.1, -0.05) is 0 Å². The summed E-state index contributed by atoms with van der Waals surface area (Å²) >= 11 is 0. The van der Waals surface area contributed by atoms with Gasteiger partial charge in [-0.05, 0) is 33.6 Å². The van der Waals surface area contributed by atoms with Gasteiger partial charge in [-0.15, -0.1) is 0 Å². The van der Waals surface area contributed by atoms with Gasteiger partial charge < -0.3 is 20.1 Å². The summed E-state index contributed by atoms with van der Waals surface area (Å²) in [6.07, 6.45) is 0.987. The third kappa shape index (κ3) is 4.38. The molecule has 108 valence electrons. The van der Waals surface area contributed by atoms with Crippen LogP contribution in [0, 0.1) is 5.92 Å². The smallest absolute Gasteiger partial charge is 0.407 e. The second kappa shape index (κ2) is 5.36. The molecule has 0 spiro atoms. The van der Waals surface area contributed by atoms with Crippen LogP contribution in [0.5, 0.6) is 0 Å². The van der Waals surface area contributed by atoms with Gasteiger partial charge >= 0.3 is 6.09 Å². The first-order valence-electron chi connectivity index (χ1n) is 6.74. The van der Waals surface area contributed by atoms with Gasteiger partial charge in [0.05, 0.1) is 12.6 Å². The maximum Gasteiger partial charge on any atom is 0.407 e. The quantitative estimate of drug-likeness (QED) is 0.741. The normalized spacial score (nSPS) is 27.6. The van der Waals surface area contributed by atoms with Crippen molar-refractivity contribution in [2.45, 2.75) is 51.4 Å². The van der Waals surface area contributed by atoms with E-state index in [0.29, 0.717) is 19.6 Å². The van der Waals surface area contributed by atoms with Crippen LogP contribution in [0.4, 0.5) is 4.79 Å². The van der Waals surface area contributed by atoms with E-state index in [1.165, 1.54) is 0 Å². The molecule has 2 heterocycles. The molecule has 0 radical (unpaired) electrons. The van der Waals surface area contributed by atoms with E-state index >= 15 is 0 Å². The number of carbonyl (C=O) groups is 2. The zero-order chi connectivity index (χ0) is 14.0. The van der Waals surface area contributed by atoms with E-state index in [-0.39, 0.29) is 24.0 Å². The summed E-state index contributed by atoms with van der Waals surface area (Å²) in [7, 11) is 0. The third-order valence-corrected chi connectivity index (χ3v) is 3.21. The molecule has 2 aliphatic rings. The maximum atomic E-state index is 11.8. The maximum absolute atomic E-state index is 11.8. The van der Waals surface area contributed by atoms with E-state index in [1.807, 2.05) is 20.8 Å². The molecule has 19 heavy (non-hydrogen) atoms. The minimum Gasteiger partial charge on any atom is -0.444 e. The average molecular weight is 270 g/mol. The largest absolute Gasteiger partial charge is 0.444 e. The minimum atomic E-state index is -0.524. The van der Waals surface area contributed by atoms with Gasteiger partial charge in [0.25, 0.3) is 0 Å². The first-order chi connectivity index (χ1) is 8.85. The second-order valence-electron chi connectivity index (χ2n) is 6.14. The highest BCUT2D eigenvalue weighted by molar-refractivity contribution is 5.80. The van der Waals surface area contributed by atoms with E-state index in [0.717, 1.165) is 6.42 Å². The number of nitrogens with one attached hydrogen (secondary N) is 2. The molecule has 2 aliphatic heterocycles. The molecule has 2 fully saturated rings. The van der Waals surface area contributed by atoms with E-state index in [1.54, 1.807) is 0 Å². The van der Waals surface area contributed by atoms with Crippen molar-refractivity contribution in [1.29, 1.82) is 0 Å². The first-order valence-corrected chi connectivity index (χ1v) is 6.74. The summed E-state index contributed by atoms with van der Waals surface area (Å²) < 4.78 is 10.5. The third-order valence-electron chi connectivity index (χ3n) is 3.21. The Kier molecular flexibility index (Phi) is 3.99. The van der Waals surface area contributed by atoms with E-state index in [4.69, 9.17) is 9.47 Å². The Morgan fingerprint density at radius 3 is 2.74 bits per heavy atom. The monoisotopic (exact) mass is 270 g/mol. The molecule has 6 heteroatoms. The molecule has 0 aromatic rings. The molecule has 2 rings (SSSR count). The summed E-state index contributed by atoms with van der Waals surface area (Å²) in [5.41, 5.74) is -0.524. The molecule has 2 N–H and O–H groups in total. The van der Waals surface area contributed by atoms with Crippen molar-refractivity contribution < 1.29 is 19.1 Å². The summed E-state index contributed by atoms with van der Waals surface area (Å²) in [6, 6.07) is -0.149. The Labute approximate surface area is 113 Å². The molecule has 6 nitrogen and oxygen atoms in total. The molecule has 3 atom stereocenters. The lowest BCUT2D eigenvalue weighted by molar-refractivity contribution is -0.122. The van der Waals surface area contributed by atoms with Gasteiger partial charge in [-0.25, -0.2) is 4.79 Å². The van der Waals surface area contributed by atoms with Crippen molar-refractivity contribution in [1.82, 2.24) is 10.6 Å². The Morgan fingerprint density at radius 1 is 1.58 bits per heavy atom. The molecule has 0 saturated carbocycles. The predicted molar refractivity (Wildman–Crippen MR) is 68.6 cm³/mol. The number of ether oxygens (including phenoxy) is 2. The minimum absolute atomic E-state index is 0.0147. The van der Waals surface area contributed by atoms with E-state index in [9.17, 15) is 9.59 Å². The SMILES string of the molecule is CC(C)(C)OC(=O)N[C@@H](C[C@@H]1CCNC1=O)C1CO1. The van der Waals surface area contributed by atoms with Gasteiger partial charge in [0, 0.05) is 12.5 Å². The van der Waals surface area contributed by atoms with Crippen LogP contribution >= 0.6 is 0 Å². The summed E-state index contributed by atoms with van der Waals surface area (Å²) in [6.45, 7) is 6.81. The van der Waals surface area contributed by atoms with Gasteiger partial charge in [0.2, 0.25) is 5.91 Å². The predicted octanol–water partition coefficient (Wildman–Crippen LogP) is 0.805. The molecular weight excluding hydrogens is 248 g/mol. The number of hydrogen-bond acceptors (Lipinski definition) is 4. The van der Waals surface area contributed by atoms with Gasteiger partial charge in [0.15, 0.2) is 0 Å². The Bertz CT molecular complexity index is 360. The van der Waals surface area contributed by atoms with Gasteiger partial charge in [0.1, 0.15) is 11.7 Å². The lowest BCUT2D eigenvalue weighted by Gasteiger charge is -2.23. The van der Waals surface area contributed by atoms with Crippen LogP contribution in [-0.4, -0.2) is 42.9 Å². The van der Waals surface area contributed by atoms with Crippen molar-refractivity contribution >= 4 is 12.0 Å². The Hall–Kier alpha value is -1.30. The molecule has 0 aliphatic carbocycles. The van der Waals surface area contributed by atoms with E-state index in [2.05, 4.69) is 10.6 Å². The number of carbonyl (C=O) groups excluding carboxylic acids is 2. The lowest BCUT2D eigenvalue weighted by atomic mass is 9.97. The summed E-state index contributed by atoms with van der Waals surface area (Å²) in [4.78, 5) is 23.3. The average Bonchev–Trinajstić information content (AvgIpc) is 3.01. The van der Waals surface area contributed by atoms with Gasteiger partial charge in [-0.2, -0.15) is 0 Å². The zero-order valence-corrected chi connectivity index (χ0v) is 11.7. The van der Waals surface area contributed by atoms with Crippen molar-refractivity contribution in [2.24, 2.45) is 5.92 Å². The Morgan fingerprint density at radius 2 is 2.26 bits per heavy atom. The van der Waals surface area contributed by atoms with Crippen LogP contribution in [-0.2, 0) is 14.3 Å². The second-order valence-corrected chi connectivity index (χ2v) is 6.14. The summed E-state index contributed by atoms with van der Waals surface area (Å²) in [5.74, 6) is 0.0285.